The summed E-state index contributed by atoms with van der Waals surface area (Å²) in [6, 6.07) is 3.72. The standard InChI is InChI=1S/C16H17ClF3N3/c17-15-13(21)14(22-10-4-2-1-3-5-10)11-7-6-9(16(18,19)20)8-12(11)23-15/h6-8,10H,1-5,21H2,(H,22,23). The molecular weight excluding hydrogens is 327 g/mol. The van der Waals surface area contributed by atoms with E-state index >= 15 is 0 Å². The van der Waals surface area contributed by atoms with E-state index in [1.54, 1.807) is 0 Å². The summed E-state index contributed by atoms with van der Waals surface area (Å²) in [7, 11) is 0. The molecule has 1 aliphatic rings. The van der Waals surface area contributed by atoms with E-state index in [2.05, 4.69) is 10.3 Å². The molecule has 23 heavy (non-hydrogen) atoms. The Bertz CT molecular complexity index is 725. The van der Waals surface area contributed by atoms with Crippen LogP contribution >= 0.6 is 11.6 Å². The van der Waals surface area contributed by atoms with E-state index in [-0.39, 0.29) is 22.4 Å². The highest BCUT2D eigenvalue weighted by Crippen LogP contribution is 2.38. The van der Waals surface area contributed by atoms with E-state index < -0.39 is 11.7 Å². The third kappa shape index (κ3) is 3.32. The van der Waals surface area contributed by atoms with Crippen molar-refractivity contribution in [3.05, 3.63) is 28.9 Å². The van der Waals surface area contributed by atoms with Crippen LogP contribution in [-0.4, -0.2) is 11.0 Å². The van der Waals surface area contributed by atoms with Gasteiger partial charge < -0.3 is 11.1 Å². The molecule has 0 aliphatic heterocycles. The molecule has 1 fully saturated rings. The Kier molecular flexibility index (Phi) is 4.27. The summed E-state index contributed by atoms with van der Waals surface area (Å²) < 4.78 is 38.6. The number of anilines is 2. The number of rotatable bonds is 2. The van der Waals surface area contributed by atoms with Crippen LogP contribution in [0, 0.1) is 0 Å². The molecular formula is C16H17ClF3N3. The van der Waals surface area contributed by atoms with Crippen LogP contribution in [0.25, 0.3) is 10.9 Å². The lowest BCUT2D eigenvalue weighted by atomic mass is 9.95. The quantitative estimate of drug-likeness (QED) is 0.734. The number of alkyl halides is 3. The first-order chi connectivity index (χ1) is 10.9. The molecule has 1 heterocycles. The van der Waals surface area contributed by atoms with Gasteiger partial charge in [0, 0.05) is 11.4 Å². The van der Waals surface area contributed by atoms with E-state index in [1.165, 1.54) is 12.5 Å². The Morgan fingerprint density at radius 1 is 1.17 bits per heavy atom. The first-order valence-electron chi connectivity index (χ1n) is 7.59. The Hall–Kier alpha value is -1.69. The molecule has 7 heteroatoms. The van der Waals surface area contributed by atoms with E-state index in [9.17, 15) is 13.2 Å². The highest BCUT2D eigenvalue weighted by Gasteiger charge is 2.31. The molecule has 0 radical (unpaired) electrons. The molecule has 0 bridgehead atoms. The largest absolute Gasteiger partial charge is 0.416 e. The van der Waals surface area contributed by atoms with E-state index in [0.717, 1.165) is 37.8 Å². The Morgan fingerprint density at radius 2 is 1.87 bits per heavy atom. The van der Waals surface area contributed by atoms with Crippen LogP contribution in [0.4, 0.5) is 24.5 Å². The highest BCUT2D eigenvalue weighted by atomic mass is 35.5. The van der Waals surface area contributed by atoms with Crippen molar-refractivity contribution in [1.82, 2.24) is 4.98 Å². The molecule has 1 saturated carbocycles. The molecule has 1 aromatic heterocycles. The normalized spacial score (nSPS) is 16.7. The van der Waals surface area contributed by atoms with Crippen LogP contribution in [0.2, 0.25) is 5.15 Å². The molecule has 0 amide bonds. The maximum atomic E-state index is 12.9. The first kappa shape index (κ1) is 16.2. The fourth-order valence-corrected chi connectivity index (χ4v) is 3.22. The lowest BCUT2D eigenvalue weighted by Crippen LogP contribution is -2.23. The zero-order chi connectivity index (χ0) is 16.6. The molecule has 3 N–H and O–H groups in total. The van der Waals surface area contributed by atoms with Gasteiger partial charge in [-0.1, -0.05) is 36.9 Å². The second-order valence-corrected chi connectivity index (χ2v) is 6.26. The summed E-state index contributed by atoms with van der Waals surface area (Å²) in [5, 5.41) is 3.94. The van der Waals surface area contributed by atoms with E-state index in [4.69, 9.17) is 17.3 Å². The number of nitrogen functional groups attached to an aromatic ring is 1. The molecule has 1 aliphatic carbocycles. The van der Waals surface area contributed by atoms with Gasteiger partial charge in [0.05, 0.1) is 22.5 Å². The minimum Gasteiger partial charge on any atom is -0.395 e. The number of nitrogens with zero attached hydrogens (tertiary/aromatic N) is 1. The van der Waals surface area contributed by atoms with Crippen LogP contribution < -0.4 is 11.1 Å². The smallest absolute Gasteiger partial charge is 0.395 e. The number of nitrogens with two attached hydrogens (primary N) is 1. The lowest BCUT2D eigenvalue weighted by Gasteiger charge is -2.25. The molecule has 1 aromatic carbocycles. The van der Waals surface area contributed by atoms with Crippen molar-refractivity contribution in [1.29, 1.82) is 0 Å². The van der Waals surface area contributed by atoms with Crippen molar-refractivity contribution in [2.45, 2.75) is 44.3 Å². The van der Waals surface area contributed by atoms with Crippen molar-refractivity contribution in [2.75, 3.05) is 11.1 Å². The zero-order valence-corrected chi connectivity index (χ0v) is 13.1. The monoisotopic (exact) mass is 343 g/mol. The Balaban J connectivity index is 2.06. The number of fused-ring (bicyclic) bond motifs is 1. The van der Waals surface area contributed by atoms with Gasteiger partial charge in [-0.3, -0.25) is 0 Å². The van der Waals surface area contributed by atoms with Gasteiger partial charge in [0.25, 0.3) is 0 Å². The number of halogens is 4. The maximum absolute atomic E-state index is 12.9. The van der Waals surface area contributed by atoms with Crippen molar-refractivity contribution in [3.8, 4) is 0 Å². The first-order valence-corrected chi connectivity index (χ1v) is 7.96. The summed E-state index contributed by atoms with van der Waals surface area (Å²) in [6.07, 6.45) is 1.09. The minimum absolute atomic E-state index is 0.0233. The van der Waals surface area contributed by atoms with Gasteiger partial charge >= 0.3 is 6.18 Å². The third-order valence-electron chi connectivity index (χ3n) is 4.26. The number of nitrogens with one attached hydrogen (secondary N) is 1. The van der Waals surface area contributed by atoms with Gasteiger partial charge in [-0.25, -0.2) is 4.98 Å². The maximum Gasteiger partial charge on any atom is 0.416 e. The van der Waals surface area contributed by atoms with Crippen LogP contribution in [0.1, 0.15) is 37.7 Å². The van der Waals surface area contributed by atoms with Gasteiger partial charge in [0.2, 0.25) is 0 Å². The minimum atomic E-state index is -4.42. The molecule has 0 saturated heterocycles. The molecule has 3 nitrogen and oxygen atoms in total. The highest BCUT2D eigenvalue weighted by molar-refractivity contribution is 6.33. The fraction of sp³-hybridized carbons (Fsp3) is 0.438. The molecule has 0 spiro atoms. The van der Waals surface area contributed by atoms with Gasteiger partial charge in [0.1, 0.15) is 0 Å². The predicted molar refractivity (Wildman–Crippen MR) is 86.7 cm³/mol. The number of benzene rings is 1. The van der Waals surface area contributed by atoms with Gasteiger partial charge in [-0.15, -0.1) is 0 Å². The van der Waals surface area contributed by atoms with Crippen molar-refractivity contribution in [2.24, 2.45) is 0 Å². The topological polar surface area (TPSA) is 50.9 Å². The average molecular weight is 344 g/mol. The average Bonchev–Trinajstić information content (AvgIpc) is 2.51. The van der Waals surface area contributed by atoms with E-state index in [0.29, 0.717) is 11.1 Å². The molecule has 3 rings (SSSR count). The van der Waals surface area contributed by atoms with Gasteiger partial charge in [-0.05, 0) is 25.0 Å². The zero-order valence-electron chi connectivity index (χ0n) is 12.4. The van der Waals surface area contributed by atoms with Crippen molar-refractivity contribution >= 4 is 33.9 Å². The lowest BCUT2D eigenvalue weighted by molar-refractivity contribution is -0.137. The second kappa shape index (κ2) is 6.07. The number of hydrogen-bond donors (Lipinski definition) is 2. The van der Waals surface area contributed by atoms with Crippen LogP contribution in [-0.2, 0) is 6.18 Å². The SMILES string of the molecule is Nc1c(Cl)nc2cc(C(F)(F)F)ccc2c1NC1CCCCC1. The second-order valence-electron chi connectivity index (χ2n) is 5.90. The summed E-state index contributed by atoms with van der Waals surface area (Å²) >= 11 is 6.02. The van der Waals surface area contributed by atoms with E-state index in [1.807, 2.05) is 0 Å². The van der Waals surface area contributed by atoms with Crippen molar-refractivity contribution < 1.29 is 13.2 Å². The van der Waals surface area contributed by atoms with Gasteiger partial charge in [0.15, 0.2) is 5.15 Å². The van der Waals surface area contributed by atoms with Crippen LogP contribution in [0.15, 0.2) is 18.2 Å². The molecule has 124 valence electrons. The molecule has 0 atom stereocenters. The number of pyridine rings is 1. The Morgan fingerprint density at radius 3 is 2.52 bits per heavy atom. The number of hydrogen-bond acceptors (Lipinski definition) is 3. The molecule has 0 unspecified atom stereocenters. The van der Waals surface area contributed by atoms with Crippen molar-refractivity contribution in [3.63, 3.8) is 0 Å². The summed E-state index contributed by atoms with van der Waals surface area (Å²) in [5.74, 6) is 0. The summed E-state index contributed by atoms with van der Waals surface area (Å²) in [5.41, 5.74) is 6.32. The van der Waals surface area contributed by atoms with Crippen LogP contribution in [0.5, 0.6) is 0 Å². The number of aromatic nitrogens is 1. The summed E-state index contributed by atoms with van der Waals surface area (Å²) in [6.45, 7) is 0. The van der Waals surface area contributed by atoms with Crippen LogP contribution in [0.3, 0.4) is 0 Å². The predicted octanol–water partition coefficient (Wildman–Crippen LogP) is 5.23. The summed E-state index contributed by atoms with van der Waals surface area (Å²) in [4.78, 5) is 4.00. The van der Waals surface area contributed by atoms with Gasteiger partial charge in [-0.2, -0.15) is 13.2 Å². The Labute approximate surface area is 137 Å². The molecule has 2 aromatic rings. The third-order valence-corrected chi connectivity index (χ3v) is 4.55. The fourth-order valence-electron chi connectivity index (χ4n) is 3.03.